The lowest BCUT2D eigenvalue weighted by Crippen LogP contribution is -2.27. The lowest BCUT2D eigenvalue weighted by atomic mass is 9.91. The molecule has 0 amide bonds. The molecule has 5 nitrogen and oxygen atoms in total. The Balaban J connectivity index is 2.06. The van der Waals surface area contributed by atoms with Crippen LogP contribution in [0.3, 0.4) is 0 Å². The fourth-order valence-electron chi connectivity index (χ4n) is 2.54. The molecule has 0 saturated carbocycles. The number of hydrogen-bond acceptors (Lipinski definition) is 5. The van der Waals surface area contributed by atoms with E-state index in [2.05, 4.69) is 24.1 Å². The highest BCUT2D eigenvalue weighted by atomic mass is 32.2. The molecule has 0 aliphatic heterocycles. The van der Waals surface area contributed by atoms with Gasteiger partial charge < -0.3 is 5.32 Å². The van der Waals surface area contributed by atoms with Gasteiger partial charge in [-0.25, -0.2) is 18.5 Å². The molecule has 3 N–H and O–H groups in total. The smallest absolute Gasteiger partial charge is 0.215 e. The van der Waals surface area contributed by atoms with Crippen molar-refractivity contribution in [3.8, 4) is 0 Å². The second kappa shape index (κ2) is 6.51. The second-order valence-corrected chi connectivity index (χ2v) is 8.65. The average Bonchev–Trinajstić information content (AvgIpc) is 2.69. The molecular formula is C13H23N3O2S2. The molecule has 0 bridgehead atoms. The van der Waals surface area contributed by atoms with Crippen LogP contribution in [-0.4, -0.2) is 26.5 Å². The molecule has 1 atom stereocenters. The van der Waals surface area contributed by atoms with Gasteiger partial charge in [-0.15, -0.1) is 11.3 Å². The van der Waals surface area contributed by atoms with Crippen LogP contribution >= 0.6 is 11.3 Å². The van der Waals surface area contributed by atoms with Gasteiger partial charge in [0, 0.05) is 17.3 Å². The van der Waals surface area contributed by atoms with Crippen molar-refractivity contribution in [2.45, 2.75) is 44.8 Å². The van der Waals surface area contributed by atoms with Crippen LogP contribution in [0.2, 0.25) is 0 Å². The summed E-state index contributed by atoms with van der Waals surface area (Å²) in [5.41, 5.74) is 1.09. The molecule has 0 spiro atoms. The Morgan fingerprint density at radius 1 is 1.50 bits per heavy atom. The zero-order chi connectivity index (χ0) is 14.8. The van der Waals surface area contributed by atoms with E-state index in [1.54, 1.807) is 0 Å². The number of sulfonamides is 1. The van der Waals surface area contributed by atoms with Crippen molar-refractivity contribution in [1.29, 1.82) is 0 Å². The Labute approximate surface area is 125 Å². The number of rotatable bonds is 6. The van der Waals surface area contributed by atoms with Crippen molar-refractivity contribution in [3.63, 3.8) is 0 Å². The van der Waals surface area contributed by atoms with Gasteiger partial charge in [0.15, 0.2) is 0 Å². The summed E-state index contributed by atoms with van der Waals surface area (Å²) in [7, 11) is -3.49. The first-order chi connectivity index (χ1) is 9.35. The number of nitrogens with one attached hydrogen (secondary N) is 1. The van der Waals surface area contributed by atoms with Crippen LogP contribution in [0.15, 0.2) is 0 Å². The molecule has 0 aromatic carbocycles. The molecule has 0 fully saturated rings. The van der Waals surface area contributed by atoms with Crippen LogP contribution in [-0.2, 0) is 22.2 Å². The molecule has 1 heterocycles. The van der Waals surface area contributed by atoms with E-state index in [-0.39, 0.29) is 5.75 Å². The van der Waals surface area contributed by atoms with Crippen LogP contribution in [0.5, 0.6) is 0 Å². The standard InChI is InChI=1S/C13H23N3O2S2/c1-9(2)6-15-7-10-4-3-5-11-13(10)16-12(19-11)8-20(14,17)18/h9-10,15H,3-8H2,1-2H3,(H2,14,17,18). The highest BCUT2D eigenvalue weighted by Gasteiger charge is 2.25. The number of nitrogens with two attached hydrogens (primary N) is 1. The zero-order valence-electron chi connectivity index (χ0n) is 12.1. The molecule has 1 unspecified atom stereocenters. The summed E-state index contributed by atoms with van der Waals surface area (Å²) < 4.78 is 22.3. The summed E-state index contributed by atoms with van der Waals surface area (Å²) in [5, 5.41) is 9.21. The van der Waals surface area contributed by atoms with E-state index in [1.165, 1.54) is 16.2 Å². The van der Waals surface area contributed by atoms with Crippen LogP contribution < -0.4 is 10.5 Å². The van der Waals surface area contributed by atoms with Crippen molar-refractivity contribution in [2.75, 3.05) is 13.1 Å². The fraction of sp³-hybridized carbons (Fsp3) is 0.769. The number of aromatic nitrogens is 1. The van der Waals surface area contributed by atoms with Crippen molar-refractivity contribution in [1.82, 2.24) is 10.3 Å². The molecule has 1 aliphatic carbocycles. The minimum absolute atomic E-state index is 0.142. The molecule has 7 heteroatoms. The van der Waals surface area contributed by atoms with Gasteiger partial charge in [-0.05, 0) is 31.7 Å². The SMILES string of the molecule is CC(C)CNCC1CCCc2sc(CS(N)(=O)=O)nc21. The predicted octanol–water partition coefficient (Wildman–Crippen LogP) is 1.60. The maximum atomic E-state index is 11.2. The lowest BCUT2D eigenvalue weighted by molar-refractivity contribution is 0.472. The minimum Gasteiger partial charge on any atom is -0.316 e. The van der Waals surface area contributed by atoms with Gasteiger partial charge in [-0.2, -0.15) is 0 Å². The number of aryl methyl sites for hydroxylation is 1. The summed E-state index contributed by atoms with van der Waals surface area (Å²) >= 11 is 1.51. The van der Waals surface area contributed by atoms with Gasteiger partial charge in [-0.3, -0.25) is 0 Å². The first-order valence-electron chi connectivity index (χ1n) is 7.05. The number of primary sulfonamides is 1. The van der Waals surface area contributed by atoms with E-state index in [1.807, 2.05) is 0 Å². The third kappa shape index (κ3) is 4.51. The number of hydrogen-bond donors (Lipinski definition) is 2. The minimum atomic E-state index is -3.49. The third-order valence-corrected chi connectivity index (χ3v) is 5.37. The lowest BCUT2D eigenvalue weighted by Gasteiger charge is -2.22. The maximum absolute atomic E-state index is 11.2. The van der Waals surface area contributed by atoms with Crippen LogP contribution in [0.1, 0.15) is 48.2 Å². The second-order valence-electron chi connectivity index (χ2n) is 5.86. The van der Waals surface area contributed by atoms with Gasteiger partial charge >= 0.3 is 0 Å². The highest BCUT2D eigenvalue weighted by molar-refractivity contribution is 7.88. The van der Waals surface area contributed by atoms with Gasteiger partial charge in [0.05, 0.1) is 5.69 Å². The van der Waals surface area contributed by atoms with Crippen LogP contribution in [0.25, 0.3) is 0 Å². The Morgan fingerprint density at radius 3 is 2.90 bits per heavy atom. The van der Waals surface area contributed by atoms with Gasteiger partial charge in [0.2, 0.25) is 10.0 Å². The Kier molecular flexibility index (Phi) is 5.17. The van der Waals surface area contributed by atoms with Crippen LogP contribution in [0, 0.1) is 5.92 Å². The van der Waals surface area contributed by atoms with Gasteiger partial charge in [0.25, 0.3) is 0 Å². The molecule has 2 rings (SSSR count). The average molecular weight is 317 g/mol. The monoisotopic (exact) mass is 317 g/mol. The summed E-state index contributed by atoms with van der Waals surface area (Å²) in [6.45, 7) is 6.29. The molecule has 0 radical (unpaired) electrons. The van der Waals surface area contributed by atoms with Crippen molar-refractivity contribution >= 4 is 21.4 Å². The van der Waals surface area contributed by atoms with E-state index in [0.717, 1.165) is 38.0 Å². The zero-order valence-corrected chi connectivity index (χ0v) is 13.7. The predicted molar refractivity (Wildman–Crippen MR) is 82.3 cm³/mol. The molecule has 1 aliphatic rings. The van der Waals surface area contributed by atoms with E-state index in [4.69, 9.17) is 5.14 Å². The largest absolute Gasteiger partial charge is 0.316 e. The molecule has 1 aromatic rings. The molecule has 0 saturated heterocycles. The van der Waals surface area contributed by atoms with Crippen LogP contribution in [0.4, 0.5) is 0 Å². The van der Waals surface area contributed by atoms with E-state index in [9.17, 15) is 8.42 Å². The Hall–Kier alpha value is -0.500. The maximum Gasteiger partial charge on any atom is 0.215 e. The van der Waals surface area contributed by atoms with Crippen molar-refractivity contribution in [2.24, 2.45) is 11.1 Å². The first kappa shape index (κ1) is 15.9. The number of nitrogens with zero attached hydrogens (tertiary/aromatic N) is 1. The van der Waals surface area contributed by atoms with E-state index in [0.29, 0.717) is 16.8 Å². The van der Waals surface area contributed by atoms with Crippen molar-refractivity contribution < 1.29 is 8.42 Å². The van der Waals surface area contributed by atoms with Gasteiger partial charge in [-0.1, -0.05) is 13.8 Å². The third-order valence-electron chi connectivity index (χ3n) is 3.38. The highest BCUT2D eigenvalue weighted by Crippen LogP contribution is 2.34. The Bertz CT molecular complexity index is 552. The normalized spacial score (nSPS) is 19.3. The summed E-state index contributed by atoms with van der Waals surface area (Å²) in [6.07, 6.45) is 3.28. The molecule has 20 heavy (non-hydrogen) atoms. The van der Waals surface area contributed by atoms with E-state index < -0.39 is 10.0 Å². The number of fused-ring (bicyclic) bond motifs is 1. The fourth-order valence-corrected chi connectivity index (χ4v) is 4.67. The molecule has 1 aromatic heterocycles. The topological polar surface area (TPSA) is 85.1 Å². The quantitative estimate of drug-likeness (QED) is 0.834. The molecule has 114 valence electrons. The van der Waals surface area contributed by atoms with Crippen molar-refractivity contribution in [3.05, 3.63) is 15.6 Å². The summed E-state index contributed by atoms with van der Waals surface area (Å²) in [4.78, 5) is 5.78. The number of thiazole rings is 1. The van der Waals surface area contributed by atoms with Gasteiger partial charge in [0.1, 0.15) is 10.8 Å². The summed E-state index contributed by atoms with van der Waals surface area (Å²) in [6, 6.07) is 0. The van der Waals surface area contributed by atoms with E-state index >= 15 is 0 Å². The molecular weight excluding hydrogens is 294 g/mol. The Morgan fingerprint density at radius 2 is 2.25 bits per heavy atom. The first-order valence-corrected chi connectivity index (χ1v) is 9.58. The summed E-state index contributed by atoms with van der Waals surface area (Å²) in [5.74, 6) is 0.894.